The van der Waals surface area contributed by atoms with Gasteiger partial charge in [0.2, 0.25) is 11.9 Å². The van der Waals surface area contributed by atoms with Crippen LogP contribution in [0.15, 0.2) is 42.5 Å². The third kappa shape index (κ3) is 2.41. The summed E-state index contributed by atoms with van der Waals surface area (Å²) in [6.45, 7) is 1.78. The second-order valence-corrected chi connectivity index (χ2v) is 6.78. The lowest BCUT2D eigenvalue weighted by atomic mass is 9.85. The molecule has 1 aliphatic heterocycles. The molecule has 1 aliphatic rings. The first-order chi connectivity index (χ1) is 13.5. The highest BCUT2D eigenvalue weighted by atomic mass is 19.2. The predicted molar refractivity (Wildman–Crippen MR) is 99.4 cm³/mol. The fraction of sp³-hybridized carbons (Fsp3) is 0.150. The van der Waals surface area contributed by atoms with E-state index in [1.807, 2.05) is 24.3 Å². The van der Waals surface area contributed by atoms with Gasteiger partial charge in [-0.1, -0.05) is 24.3 Å². The van der Waals surface area contributed by atoms with Gasteiger partial charge in [-0.15, -0.1) is 0 Å². The molecule has 6 nitrogen and oxygen atoms in total. The zero-order valence-electron chi connectivity index (χ0n) is 14.8. The van der Waals surface area contributed by atoms with Crippen molar-refractivity contribution in [1.82, 2.24) is 19.7 Å². The number of nitrogens with one attached hydrogen (secondary N) is 2. The van der Waals surface area contributed by atoms with Gasteiger partial charge in [-0.25, -0.2) is 13.8 Å². The third-order valence-electron chi connectivity index (χ3n) is 5.04. The van der Waals surface area contributed by atoms with Crippen LogP contribution in [-0.2, 0) is 4.79 Å². The summed E-state index contributed by atoms with van der Waals surface area (Å²) in [5.41, 5.74) is 3.00. The highest BCUT2D eigenvalue weighted by molar-refractivity contribution is 5.95. The van der Waals surface area contributed by atoms with Crippen LogP contribution >= 0.6 is 0 Å². The number of carbonyl (C=O) groups excluding carboxylic acids is 1. The van der Waals surface area contributed by atoms with Gasteiger partial charge < -0.3 is 10.3 Å². The van der Waals surface area contributed by atoms with Crippen LogP contribution in [-0.4, -0.2) is 25.7 Å². The van der Waals surface area contributed by atoms with E-state index in [0.717, 1.165) is 17.1 Å². The van der Waals surface area contributed by atoms with E-state index in [2.05, 4.69) is 20.4 Å². The summed E-state index contributed by atoms with van der Waals surface area (Å²) in [7, 11) is 0. The molecule has 0 aliphatic carbocycles. The summed E-state index contributed by atoms with van der Waals surface area (Å²) >= 11 is 0. The topological polar surface area (TPSA) is 75.6 Å². The number of amides is 1. The zero-order valence-corrected chi connectivity index (χ0v) is 14.8. The number of nitrogens with zero attached hydrogens (tertiary/aromatic N) is 3. The molecule has 0 fully saturated rings. The van der Waals surface area contributed by atoms with E-state index in [0.29, 0.717) is 23.0 Å². The van der Waals surface area contributed by atoms with Crippen LogP contribution in [0.5, 0.6) is 0 Å². The lowest BCUT2D eigenvalue weighted by Gasteiger charge is -2.24. The minimum atomic E-state index is -0.941. The molecule has 1 amide bonds. The molecule has 3 heterocycles. The highest BCUT2D eigenvalue weighted by Crippen LogP contribution is 2.41. The standard InChI is InChI=1S/C20H15F2N5O/c1-10-17-12(11-5-4-6-13(21)18(11)22)9-16(28)25-19(17)27(26-10)20-23-14-7-2-3-8-15(14)24-20/h2-8,12H,9H2,1H3,(H,23,24)(H,25,28)/t12-/m1/s1. The van der Waals surface area contributed by atoms with Gasteiger partial charge in [-0.3, -0.25) is 4.79 Å². The van der Waals surface area contributed by atoms with Crippen molar-refractivity contribution >= 4 is 22.8 Å². The van der Waals surface area contributed by atoms with E-state index in [1.165, 1.54) is 16.8 Å². The van der Waals surface area contributed by atoms with Crippen molar-refractivity contribution in [3.05, 3.63) is 70.9 Å². The molecule has 2 aromatic heterocycles. The van der Waals surface area contributed by atoms with Gasteiger partial charge in [-0.2, -0.15) is 9.78 Å². The van der Waals surface area contributed by atoms with E-state index >= 15 is 0 Å². The molecule has 2 aromatic carbocycles. The van der Waals surface area contributed by atoms with Crippen molar-refractivity contribution in [2.24, 2.45) is 0 Å². The van der Waals surface area contributed by atoms with Gasteiger partial charge in [0, 0.05) is 17.9 Å². The van der Waals surface area contributed by atoms with Crippen LogP contribution in [0.1, 0.15) is 29.2 Å². The fourth-order valence-corrected chi connectivity index (χ4v) is 3.80. The SMILES string of the molecule is Cc1nn(-c2nc3ccccc3[nH]2)c2c1[C@@H](c1cccc(F)c1F)CC(=O)N2. The number of carbonyl (C=O) groups is 1. The van der Waals surface area contributed by atoms with Crippen molar-refractivity contribution < 1.29 is 13.6 Å². The van der Waals surface area contributed by atoms with Crippen molar-refractivity contribution in [3.63, 3.8) is 0 Å². The Bertz CT molecular complexity index is 1210. The molecule has 0 radical (unpaired) electrons. The van der Waals surface area contributed by atoms with Crippen LogP contribution in [0.25, 0.3) is 17.0 Å². The molecular weight excluding hydrogens is 364 g/mol. The molecule has 4 aromatic rings. The molecule has 8 heteroatoms. The maximum atomic E-state index is 14.5. The summed E-state index contributed by atoms with van der Waals surface area (Å²) in [5, 5.41) is 7.32. The first-order valence-corrected chi connectivity index (χ1v) is 8.81. The van der Waals surface area contributed by atoms with E-state index < -0.39 is 17.6 Å². The second-order valence-electron chi connectivity index (χ2n) is 6.78. The number of halogens is 2. The summed E-state index contributed by atoms with van der Waals surface area (Å²) in [6.07, 6.45) is 0.0139. The Hall–Kier alpha value is -3.55. The lowest BCUT2D eigenvalue weighted by molar-refractivity contribution is -0.116. The van der Waals surface area contributed by atoms with E-state index in [1.54, 1.807) is 6.92 Å². The molecule has 1 atom stereocenters. The molecule has 28 heavy (non-hydrogen) atoms. The zero-order chi connectivity index (χ0) is 19.4. The Morgan fingerprint density at radius 1 is 1.14 bits per heavy atom. The Morgan fingerprint density at radius 3 is 2.79 bits per heavy atom. The quantitative estimate of drug-likeness (QED) is 0.556. The van der Waals surface area contributed by atoms with E-state index in [-0.39, 0.29) is 17.9 Å². The number of H-pyrrole nitrogens is 1. The maximum absolute atomic E-state index is 14.5. The third-order valence-corrected chi connectivity index (χ3v) is 5.04. The number of benzene rings is 2. The van der Waals surface area contributed by atoms with Crippen molar-refractivity contribution in [2.75, 3.05) is 5.32 Å². The first kappa shape index (κ1) is 16.6. The number of aromatic amines is 1. The Labute approximate surface area is 158 Å². The number of imidazole rings is 1. The summed E-state index contributed by atoms with van der Waals surface area (Å²) in [6, 6.07) is 11.5. The van der Waals surface area contributed by atoms with Gasteiger partial charge in [0.15, 0.2) is 11.6 Å². The number of hydrogen-bond acceptors (Lipinski definition) is 3. The number of aromatic nitrogens is 4. The number of hydrogen-bond donors (Lipinski definition) is 2. The molecule has 140 valence electrons. The molecule has 0 saturated heterocycles. The molecule has 5 rings (SSSR count). The largest absolute Gasteiger partial charge is 0.322 e. The average Bonchev–Trinajstić information content (AvgIpc) is 3.24. The van der Waals surface area contributed by atoms with Crippen LogP contribution in [0, 0.1) is 18.6 Å². The Balaban J connectivity index is 1.70. The normalized spacial score (nSPS) is 16.2. The molecule has 0 saturated carbocycles. The minimum absolute atomic E-state index is 0.0139. The van der Waals surface area contributed by atoms with Crippen LogP contribution < -0.4 is 5.32 Å². The molecule has 0 unspecified atom stereocenters. The Kier molecular flexibility index (Phi) is 3.55. The second kappa shape index (κ2) is 5.98. The molecule has 0 bridgehead atoms. The summed E-state index contributed by atoms with van der Waals surface area (Å²) in [5.74, 6) is -1.94. The Morgan fingerprint density at radius 2 is 1.96 bits per heavy atom. The monoisotopic (exact) mass is 379 g/mol. The molecule has 2 N–H and O–H groups in total. The van der Waals surface area contributed by atoms with Gasteiger partial charge in [-0.05, 0) is 30.7 Å². The van der Waals surface area contributed by atoms with Crippen molar-refractivity contribution in [3.8, 4) is 5.95 Å². The lowest BCUT2D eigenvalue weighted by Crippen LogP contribution is -2.25. The van der Waals surface area contributed by atoms with Gasteiger partial charge >= 0.3 is 0 Å². The van der Waals surface area contributed by atoms with Gasteiger partial charge in [0.1, 0.15) is 5.82 Å². The van der Waals surface area contributed by atoms with Crippen LogP contribution in [0.2, 0.25) is 0 Å². The van der Waals surface area contributed by atoms with Gasteiger partial charge in [0.25, 0.3) is 0 Å². The summed E-state index contributed by atoms with van der Waals surface area (Å²) < 4.78 is 29.7. The number of rotatable bonds is 2. The summed E-state index contributed by atoms with van der Waals surface area (Å²) in [4.78, 5) is 20.1. The first-order valence-electron chi connectivity index (χ1n) is 8.81. The number of anilines is 1. The number of aryl methyl sites for hydroxylation is 1. The average molecular weight is 379 g/mol. The molecule has 0 spiro atoms. The maximum Gasteiger partial charge on any atom is 0.231 e. The molecular formula is C20H15F2N5O. The van der Waals surface area contributed by atoms with Crippen LogP contribution in [0.3, 0.4) is 0 Å². The minimum Gasteiger partial charge on any atom is -0.322 e. The number of fused-ring (bicyclic) bond motifs is 2. The van der Waals surface area contributed by atoms with Crippen molar-refractivity contribution in [1.29, 1.82) is 0 Å². The smallest absolute Gasteiger partial charge is 0.231 e. The van der Waals surface area contributed by atoms with E-state index in [4.69, 9.17) is 0 Å². The predicted octanol–water partition coefficient (Wildman–Crippen LogP) is 3.81. The fourth-order valence-electron chi connectivity index (χ4n) is 3.80. The van der Waals surface area contributed by atoms with Crippen LogP contribution in [0.4, 0.5) is 14.6 Å². The van der Waals surface area contributed by atoms with E-state index in [9.17, 15) is 13.6 Å². The number of para-hydroxylation sites is 2. The van der Waals surface area contributed by atoms with Gasteiger partial charge in [0.05, 0.1) is 16.7 Å². The highest BCUT2D eigenvalue weighted by Gasteiger charge is 2.35. The van der Waals surface area contributed by atoms with Crippen molar-refractivity contribution in [2.45, 2.75) is 19.3 Å².